The highest BCUT2D eigenvalue weighted by Gasteiger charge is 2.66. The molecule has 4 saturated heterocycles. The van der Waals surface area contributed by atoms with Gasteiger partial charge in [-0.15, -0.1) is 0 Å². The molecule has 0 aliphatic carbocycles. The maximum atomic E-state index is 5.97. The van der Waals surface area contributed by atoms with Crippen LogP contribution in [0.1, 0.15) is 40.5 Å². The lowest BCUT2D eigenvalue weighted by atomic mass is 9.72. The van der Waals surface area contributed by atoms with Crippen molar-refractivity contribution in [2.24, 2.45) is 0 Å². The van der Waals surface area contributed by atoms with Gasteiger partial charge in [-0.25, -0.2) is 0 Å². The van der Waals surface area contributed by atoms with E-state index in [1.54, 1.807) is 0 Å². The SMILES string of the molecule is CC12[CH]C3(C)CC(C)(O1)OC(C)(C2)O3. The molecule has 0 saturated carbocycles. The second-order valence-corrected chi connectivity index (χ2v) is 5.70. The van der Waals surface area contributed by atoms with Gasteiger partial charge in [-0.05, 0) is 27.7 Å². The van der Waals surface area contributed by atoms with Gasteiger partial charge in [0.05, 0.1) is 11.2 Å². The van der Waals surface area contributed by atoms with E-state index in [0.29, 0.717) is 0 Å². The predicted molar refractivity (Wildman–Crippen MR) is 50.4 cm³/mol. The molecule has 0 aromatic rings. The van der Waals surface area contributed by atoms with E-state index in [-0.39, 0.29) is 11.2 Å². The average molecular weight is 197 g/mol. The highest BCUT2D eigenvalue weighted by Crippen LogP contribution is 2.58. The summed E-state index contributed by atoms with van der Waals surface area (Å²) in [4.78, 5) is 0. The molecular weight excluding hydrogens is 180 g/mol. The van der Waals surface area contributed by atoms with E-state index in [0.717, 1.165) is 12.8 Å². The third kappa shape index (κ3) is 1.09. The summed E-state index contributed by atoms with van der Waals surface area (Å²) in [6.07, 6.45) is 3.75. The molecule has 4 bridgehead atoms. The van der Waals surface area contributed by atoms with Gasteiger partial charge in [0, 0.05) is 19.3 Å². The smallest absolute Gasteiger partial charge is 0.172 e. The fourth-order valence-corrected chi connectivity index (χ4v) is 3.78. The highest BCUT2D eigenvalue weighted by atomic mass is 16.8. The Kier molecular flexibility index (Phi) is 1.33. The molecular formula is C11H17O3. The van der Waals surface area contributed by atoms with Crippen LogP contribution in [-0.2, 0) is 14.2 Å². The number of rotatable bonds is 0. The largest absolute Gasteiger partial charge is 0.343 e. The first-order chi connectivity index (χ1) is 6.24. The van der Waals surface area contributed by atoms with E-state index >= 15 is 0 Å². The minimum absolute atomic E-state index is 0.188. The van der Waals surface area contributed by atoms with Crippen molar-refractivity contribution in [3.8, 4) is 0 Å². The summed E-state index contributed by atoms with van der Waals surface area (Å²) in [5.74, 6) is -0.938. The molecule has 0 amide bonds. The van der Waals surface area contributed by atoms with Crippen molar-refractivity contribution in [3.63, 3.8) is 0 Å². The Morgan fingerprint density at radius 1 is 0.786 bits per heavy atom. The maximum absolute atomic E-state index is 5.97. The quantitative estimate of drug-likeness (QED) is 0.594. The zero-order chi connectivity index (χ0) is 10.2. The van der Waals surface area contributed by atoms with E-state index in [9.17, 15) is 0 Å². The van der Waals surface area contributed by atoms with Crippen LogP contribution in [0.3, 0.4) is 0 Å². The normalized spacial score (nSPS) is 66.0. The van der Waals surface area contributed by atoms with Crippen molar-refractivity contribution < 1.29 is 14.2 Å². The van der Waals surface area contributed by atoms with Crippen molar-refractivity contribution >= 4 is 0 Å². The number of hydrogen-bond acceptors (Lipinski definition) is 3. The maximum Gasteiger partial charge on any atom is 0.172 e. The Labute approximate surface area is 84.7 Å². The van der Waals surface area contributed by atoms with Gasteiger partial charge in [-0.3, -0.25) is 0 Å². The molecule has 14 heavy (non-hydrogen) atoms. The third-order valence-electron chi connectivity index (χ3n) is 3.28. The van der Waals surface area contributed by atoms with Crippen LogP contribution >= 0.6 is 0 Å². The summed E-state index contributed by atoms with van der Waals surface area (Å²) in [7, 11) is 0. The van der Waals surface area contributed by atoms with Crippen molar-refractivity contribution in [3.05, 3.63) is 6.42 Å². The van der Waals surface area contributed by atoms with Crippen LogP contribution in [0.2, 0.25) is 0 Å². The van der Waals surface area contributed by atoms with Crippen LogP contribution in [0.5, 0.6) is 0 Å². The second kappa shape index (κ2) is 2.04. The van der Waals surface area contributed by atoms with Gasteiger partial charge < -0.3 is 14.2 Å². The lowest BCUT2D eigenvalue weighted by Gasteiger charge is -2.66. The first-order valence-electron chi connectivity index (χ1n) is 5.22. The zero-order valence-corrected chi connectivity index (χ0v) is 9.22. The Hall–Kier alpha value is -0.120. The van der Waals surface area contributed by atoms with Gasteiger partial charge >= 0.3 is 0 Å². The molecule has 4 atom stereocenters. The van der Waals surface area contributed by atoms with Crippen LogP contribution in [0.4, 0.5) is 0 Å². The minimum Gasteiger partial charge on any atom is -0.343 e. The van der Waals surface area contributed by atoms with Gasteiger partial charge in [0.2, 0.25) is 0 Å². The molecule has 0 aromatic carbocycles. The molecule has 3 heteroatoms. The molecule has 0 aromatic heterocycles. The number of hydrogen-bond donors (Lipinski definition) is 0. The fourth-order valence-electron chi connectivity index (χ4n) is 3.78. The molecule has 1 radical (unpaired) electrons. The van der Waals surface area contributed by atoms with E-state index in [4.69, 9.17) is 14.2 Å². The monoisotopic (exact) mass is 197 g/mol. The summed E-state index contributed by atoms with van der Waals surface area (Å²) in [6.45, 7) is 8.25. The molecule has 4 fully saturated rings. The molecule has 4 heterocycles. The molecule has 4 rings (SSSR count). The molecule has 79 valence electrons. The van der Waals surface area contributed by atoms with Crippen molar-refractivity contribution in [1.29, 1.82) is 0 Å². The predicted octanol–water partition coefficient (Wildman–Crippen LogP) is 2.01. The van der Waals surface area contributed by atoms with Gasteiger partial charge in [0.25, 0.3) is 0 Å². The summed E-state index contributed by atoms with van der Waals surface area (Å²) >= 11 is 0. The Balaban J connectivity index is 2.08. The summed E-state index contributed by atoms with van der Waals surface area (Å²) in [5.41, 5.74) is -0.375. The molecule has 4 aliphatic heterocycles. The first kappa shape index (κ1) is 9.13. The van der Waals surface area contributed by atoms with Crippen LogP contribution in [-0.4, -0.2) is 22.8 Å². The minimum atomic E-state index is -0.469. The Morgan fingerprint density at radius 3 is 1.57 bits per heavy atom. The van der Waals surface area contributed by atoms with E-state index in [1.165, 1.54) is 0 Å². The third-order valence-corrected chi connectivity index (χ3v) is 3.28. The summed E-state index contributed by atoms with van der Waals surface area (Å²) in [6, 6.07) is 0. The van der Waals surface area contributed by atoms with E-state index in [1.807, 2.05) is 13.8 Å². The molecule has 3 nitrogen and oxygen atoms in total. The second-order valence-electron chi connectivity index (χ2n) is 5.70. The van der Waals surface area contributed by atoms with Gasteiger partial charge in [-0.1, -0.05) is 0 Å². The number of ether oxygens (including phenoxy) is 3. The first-order valence-corrected chi connectivity index (χ1v) is 5.22. The van der Waals surface area contributed by atoms with Gasteiger partial charge in [0.1, 0.15) is 0 Å². The van der Waals surface area contributed by atoms with Crippen LogP contribution in [0.25, 0.3) is 0 Å². The molecule has 0 spiro atoms. The van der Waals surface area contributed by atoms with Crippen molar-refractivity contribution in [1.82, 2.24) is 0 Å². The zero-order valence-electron chi connectivity index (χ0n) is 9.22. The topological polar surface area (TPSA) is 27.7 Å². The summed E-state index contributed by atoms with van der Waals surface area (Å²) < 4.78 is 17.8. The average Bonchev–Trinajstić information content (AvgIpc) is 1.67. The lowest BCUT2D eigenvalue weighted by Crippen LogP contribution is -2.73. The molecule has 4 unspecified atom stereocenters. The Morgan fingerprint density at radius 2 is 1.21 bits per heavy atom. The van der Waals surface area contributed by atoms with Gasteiger partial charge in [0.15, 0.2) is 11.6 Å². The van der Waals surface area contributed by atoms with Gasteiger partial charge in [-0.2, -0.15) is 0 Å². The summed E-state index contributed by atoms with van der Waals surface area (Å²) in [5, 5.41) is 0. The standard InChI is InChI=1S/C11H17O3/c1-8-5-9(2)7-11(4,12-8)14-10(3,6-8)13-9/h5H,6-7H2,1-4H3. The van der Waals surface area contributed by atoms with E-state index in [2.05, 4.69) is 20.3 Å². The molecule has 4 aliphatic rings. The fraction of sp³-hybridized carbons (Fsp3) is 0.909. The van der Waals surface area contributed by atoms with Crippen LogP contribution in [0.15, 0.2) is 0 Å². The highest BCUT2D eigenvalue weighted by molar-refractivity contribution is 5.18. The molecule has 0 N–H and O–H groups in total. The Bertz CT molecular complexity index is 203. The van der Waals surface area contributed by atoms with Crippen molar-refractivity contribution in [2.45, 2.75) is 63.3 Å². The van der Waals surface area contributed by atoms with Crippen LogP contribution in [0, 0.1) is 6.42 Å². The lowest BCUT2D eigenvalue weighted by molar-refractivity contribution is -0.496. The van der Waals surface area contributed by atoms with E-state index < -0.39 is 11.6 Å². The van der Waals surface area contributed by atoms with Crippen molar-refractivity contribution in [2.75, 3.05) is 0 Å². The van der Waals surface area contributed by atoms with Crippen LogP contribution < -0.4 is 0 Å².